The fourth-order valence-electron chi connectivity index (χ4n) is 2.72. The zero-order valence-corrected chi connectivity index (χ0v) is 15.6. The van der Waals surface area contributed by atoms with E-state index in [2.05, 4.69) is 0 Å². The summed E-state index contributed by atoms with van der Waals surface area (Å²) in [5.41, 5.74) is 0.193. The monoisotopic (exact) mass is 350 g/mol. The molecule has 25 heavy (non-hydrogen) atoms. The molecule has 1 fully saturated rings. The summed E-state index contributed by atoms with van der Waals surface area (Å²) in [6.07, 6.45) is -0.491. The molecule has 0 unspecified atom stereocenters. The van der Waals surface area contributed by atoms with E-state index >= 15 is 0 Å². The van der Waals surface area contributed by atoms with Gasteiger partial charge in [-0.2, -0.15) is 0 Å². The van der Waals surface area contributed by atoms with E-state index in [1.807, 2.05) is 6.07 Å². The third kappa shape index (κ3) is 4.06. The molecule has 0 N–H and O–H groups in total. The Labute approximate surface area is 148 Å². The van der Waals surface area contributed by atoms with E-state index in [1.54, 1.807) is 54.0 Å². The summed E-state index contributed by atoms with van der Waals surface area (Å²) in [6, 6.07) is 5.38. The van der Waals surface area contributed by atoms with Gasteiger partial charge in [-0.25, -0.2) is 0 Å². The molecule has 1 saturated heterocycles. The molecule has 0 radical (unpaired) electrons. The maximum Gasteiger partial charge on any atom is 0.311 e. The zero-order valence-electron chi connectivity index (χ0n) is 15.6. The van der Waals surface area contributed by atoms with Gasteiger partial charge in [-0.15, -0.1) is 0 Å². The number of ether oxygens (including phenoxy) is 4. The summed E-state index contributed by atoms with van der Waals surface area (Å²) >= 11 is 0. The number of benzene rings is 1. The van der Waals surface area contributed by atoms with E-state index in [1.165, 1.54) is 0 Å². The van der Waals surface area contributed by atoms with Gasteiger partial charge in [0.1, 0.15) is 6.10 Å². The minimum atomic E-state index is -0.592. The molecule has 1 aromatic carbocycles. The van der Waals surface area contributed by atoms with E-state index in [0.29, 0.717) is 11.5 Å². The largest absolute Gasteiger partial charge is 0.493 e. The fraction of sp³-hybridized carbons (Fsp3) is 0.579. The predicted octanol–water partition coefficient (Wildman–Crippen LogP) is 3.14. The normalized spacial score (nSPS) is 23.1. The summed E-state index contributed by atoms with van der Waals surface area (Å²) in [7, 11) is 3.11. The minimum absolute atomic E-state index is 0.127. The van der Waals surface area contributed by atoms with Crippen LogP contribution in [-0.2, 0) is 19.1 Å². The summed E-state index contributed by atoms with van der Waals surface area (Å²) in [5, 5.41) is 0. The molecule has 1 heterocycles. The van der Waals surface area contributed by atoms with Crippen LogP contribution >= 0.6 is 0 Å². The van der Waals surface area contributed by atoms with Gasteiger partial charge in [0.25, 0.3) is 0 Å². The Morgan fingerprint density at radius 2 is 1.80 bits per heavy atom. The lowest BCUT2D eigenvalue weighted by molar-refractivity contribution is -0.155. The highest BCUT2D eigenvalue weighted by Crippen LogP contribution is 2.42. The van der Waals surface area contributed by atoms with Crippen molar-refractivity contribution in [1.82, 2.24) is 0 Å². The molecule has 0 saturated carbocycles. The van der Waals surface area contributed by atoms with Crippen LogP contribution in [0.1, 0.15) is 39.4 Å². The van der Waals surface area contributed by atoms with Gasteiger partial charge in [0.05, 0.1) is 32.2 Å². The first-order chi connectivity index (χ1) is 11.7. The number of carbonyl (C=O) groups excluding carboxylic acids is 2. The molecular weight excluding hydrogens is 324 g/mol. The summed E-state index contributed by atoms with van der Waals surface area (Å²) < 4.78 is 21.5. The fourth-order valence-corrected chi connectivity index (χ4v) is 2.72. The number of rotatable bonds is 5. The van der Waals surface area contributed by atoms with Gasteiger partial charge in [-0.05, 0) is 38.5 Å². The third-order valence-corrected chi connectivity index (χ3v) is 4.40. The van der Waals surface area contributed by atoms with Gasteiger partial charge in [0.15, 0.2) is 11.5 Å². The molecular formula is C19H26O6. The number of hydrogen-bond donors (Lipinski definition) is 0. The molecule has 1 aromatic rings. The third-order valence-electron chi connectivity index (χ3n) is 4.40. The van der Waals surface area contributed by atoms with Gasteiger partial charge < -0.3 is 18.9 Å². The van der Waals surface area contributed by atoms with Crippen molar-refractivity contribution < 1.29 is 28.5 Å². The first kappa shape index (κ1) is 19.1. The van der Waals surface area contributed by atoms with Crippen molar-refractivity contribution in [2.45, 2.75) is 33.8 Å². The number of hydrogen-bond acceptors (Lipinski definition) is 6. The van der Waals surface area contributed by atoms with Gasteiger partial charge in [0, 0.05) is 5.92 Å². The van der Waals surface area contributed by atoms with Crippen molar-refractivity contribution in [3.05, 3.63) is 23.8 Å². The molecule has 0 bridgehead atoms. The average Bonchev–Trinajstić information content (AvgIpc) is 2.86. The highest BCUT2D eigenvalue weighted by Gasteiger charge is 2.44. The van der Waals surface area contributed by atoms with E-state index in [9.17, 15) is 9.59 Å². The highest BCUT2D eigenvalue weighted by molar-refractivity contribution is 5.76. The number of carbonyl (C=O) groups is 2. The SMILES string of the molecule is COc1ccc([C@@H]2OC(=O)[C@@H](C)[C@@H]2COC(=O)C(C)(C)C)cc1OC. The maximum atomic E-state index is 12.1. The standard InChI is InChI=1S/C19H26O6/c1-11-13(10-24-18(21)19(2,3)4)16(25-17(11)20)12-7-8-14(22-5)15(9-12)23-6/h7-9,11,13,16H,10H2,1-6H3/t11-,13-,16-/m0/s1. The highest BCUT2D eigenvalue weighted by atomic mass is 16.6. The van der Waals surface area contributed by atoms with Crippen LogP contribution in [0.25, 0.3) is 0 Å². The van der Waals surface area contributed by atoms with Crippen LogP contribution in [0.3, 0.4) is 0 Å². The van der Waals surface area contributed by atoms with Crippen molar-refractivity contribution >= 4 is 11.9 Å². The molecule has 0 aromatic heterocycles. The molecule has 0 aliphatic carbocycles. The lowest BCUT2D eigenvalue weighted by Gasteiger charge is -2.23. The Morgan fingerprint density at radius 1 is 1.16 bits per heavy atom. The van der Waals surface area contributed by atoms with Crippen LogP contribution < -0.4 is 9.47 Å². The smallest absolute Gasteiger partial charge is 0.311 e. The molecule has 1 aliphatic heterocycles. The van der Waals surface area contributed by atoms with Crippen LogP contribution in [-0.4, -0.2) is 32.8 Å². The number of esters is 2. The Morgan fingerprint density at radius 3 is 2.36 bits per heavy atom. The van der Waals surface area contributed by atoms with E-state index in [4.69, 9.17) is 18.9 Å². The molecule has 138 valence electrons. The van der Waals surface area contributed by atoms with E-state index in [0.717, 1.165) is 5.56 Å². The lowest BCUT2D eigenvalue weighted by atomic mass is 9.88. The van der Waals surface area contributed by atoms with E-state index < -0.39 is 11.5 Å². The van der Waals surface area contributed by atoms with Crippen LogP contribution in [0, 0.1) is 17.3 Å². The van der Waals surface area contributed by atoms with Crippen LogP contribution in [0.15, 0.2) is 18.2 Å². The van der Waals surface area contributed by atoms with Crippen LogP contribution in [0.2, 0.25) is 0 Å². The first-order valence-corrected chi connectivity index (χ1v) is 8.28. The van der Waals surface area contributed by atoms with Gasteiger partial charge in [-0.3, -0.25) is 9.59 Å². The Balaban J connectivity index is 2.23. The first-order valence-electron chi connectivity index (χ1n) is 8.28. The molecule has 0 spiro atoms. The van der Waals surface area contributed by atoms with Crippen molar-refractivity contribution in [1.29, 1.82) is 0 Å². The van der Waals surface area contributed by atoms with Crippen LogP contribution in [0.4, 0.5) is 0 Å². The molecule has 0 amide bonds. The average molecular weight is 350 g/mol. The molecule has 6 heteroatoms. The second kappa shape index (κ2) is 7.33. The number of cyclic esters (lactones) is 1. The molecule has 3 atom stereocenters. The molecule has 1 aliphatic rings. The Kier molecular flexibility index (Phi) is 5.60. The van der Waals surface area contributed by atoms with Gasteiger partial charge in [0.2, 0.25) is 0 Å². The van der Waals surface area contributed by atoms with Crippen molar-refractivity contribution in [3.8, 4) is 11.5 Å². The van der Waals surface area contributed by atoms with Crippen molar-refractivity contribution in [2.24, 2.45) is 17.3 Å². The maximum absolute atomic E-state index is 12.1. The number of methoxy groups -OCH3 is 2. The Bertz CT molecular complexity index is 646. The van der Waals surface area contributed by atoms with Crippen molar-refractivity contribution in [3.63, 3.8) is 0 Å². The quantitative estimate of drug-likeness (QED) is 0.760. The topological polar surface area (TPSA) is 71.1 Å². The van der Waals surface area contributed by atoms with Crippen molar-refractivity contribution in [2.75, 3.05) is 20.8 Å². The summed E-state index contributed by atoms with van der Waals surface area (Å²) in [5.74, 6) is -0.0511. The second-order valence-electron chi connectivity index (χ2n) is 7.27. The molecule has 2 rings (SSSR count). The summed E-state index contributed by atoms with van der Waals surface area (Å²) in [6.45, 7) is 7.29. The molecule has 6 nitrogen and oxygen atoms in total. The second-order valence-corrected chi connectivity index (χ2v) is 7.27. The predicted molar refractivity (Wildman–Crippen MR) is 91.4 cm³/mol. The lowest BCUT2D eigenvalue weighted by Crippen LogP contribution is -2.28. The van der Waals surface area contributed by atoms with E-state index in [-0.39, 0.29) is 30.4 Å². The van der Waals surface area contributed by atoms with Crippen LogP contribution in [0.5, 0.6) is 11.5 Å². The Hall–Kier alpha value is -2.24. The zero-order chi connectivity index (χ0) is 18.8. The summed E-state index contributed by atoms with van der Waals surface area (Å²) in [4.78, 5) is 24.1. The van der Waals surface area contributed by atoms with Gasteiger partial charge in [-0.1, -0.05) is 13.0 Å². The van der Waals surface area contributed by atoms with Gasteiger partial charge >= 0.3 is 11.9 Å². The minimum Gasteiger partial charge on any atom is -0.493 e.